The van der Waals surface area contributed by atoms with Gasteiger partial charge in [0.05, 0.1) is 6.54 Å². The van der Waals surface area contributed by atoms with E-state index in [1.807, 2.05) is 0 Å². The lowest BCUT2D eigenvalue weighted by Gasteiger charge is -2.07. The predicted molar refractivity (Wildman–Crippen MR) is 55.8 cm³/mol. The fourth-order valence-corrected chi connectivity index (χ4v) is 3.27. The number of carbonyl (C=O) groups is 2. The summed E-state index contributed by atoms with van der Waals surface area (Å²) >= 11 is 0. The van der Waals surface area contributed by atoms with Crippen LogP contribution in [0, 0.1) is 17.3 Å². The van der Waals surface area contributed by atoms with Gasteiger partial charge in [-0.25, -0.2) is 0 Å². The summed E-state index contributed by atoms with van der Waals surface area (Å²) in [6, 6.07) is 0. The molecular formula is C11H18N2O2. The number of hydrogen-bond donors (Lipinski definition) is 2. The van der Waals surface area contributed by atoms with E-state index in [1.54, 1.807) is 0 Å². The van der Waals surface area contributed by atoms with Gasteiger partial charge >= 0.3 is 0 Å². The van der Waals surface area contributed by atoms with Gasteiger partial charge in [-0.1, -0.05) is 19.8 Å². The summed E-state index contributed by atoms with van der Waals surface area (Å²) in [6.45, 7) is 2.11. The van der Waals surface area contributed by atoms with E-state index in [-0.39, 0.29) is 23.8 Å². The normalized spacial score (nSPS) is 31.5. The quantitative estimate of drug-likeness (QED) is 0.708. The third kappa shape index (κ3) is 1.62. The maximum atomic E-state index is 11.8. The van der Waals surface area contributed by atoms with Gasteiger partial charge in [-0.05, 0) is 24.2 Å². The first-order valence-corrected chi connectivity index (χ1v) is 5.64. The van der Waals surface area contributed by atoms with Crippen LogP contribution < -0.4 is 11.1 Å². The molecule has 3 N–H and O–H groups in total. The van der Waals surface area contributed by atoms with E-state index in [9.17, 15) is 9.59 Å². The number of rotatable bonds is 3. The Labute approximate surface area is 89.6 Å². The van der Waals surface area contributed by atoms with Gasteiger partial charge < -0.3 is 11.1 Å². The van der Waals surface area contributed by atoms with Gasteiger partial charge in [0.2, 0.25) is 11.8 Å². The Morgan fingerprint density at radius 3 is 2.53 bits per heavy atom. The van der Waals surface area contributed by atoms with Crippen LogP contribution in [0.2, 0.25) is 0 Å². The molecule has 2 amide bonds. The lowest BCUT2D eigenvalue weighted by molar-refractivity contribution is -0.126. The lowest BCUT2D eigenvalue weighted by Crippen LogP contribution is -2.35. The van der Waals surface area contributed by atoms with Crippen molar-refractivity contribution in [3.8, 4) is 0 Å². The summed E-state index contributed by atoms with van der Waals surface area (Å²) in [7, 11) is 0. The molecular weight excluding hydrogens is 192 g/mol. The molecule has 0 radical (unpaired) electrons. The molecule has 0 saturated heterocycles. The van der Waals surface area contributed by atoms with E-state index in [2.05, 4.69) is 12.2 Å². The van der Waals surface area contributed by atoms with E-state index in [4.69, 9.17) is 5.73 Å². The minimum Gasteiger partial charge on any atom is -0.368 e. The highest BCUT2D eigenvalue weighted by Crippen LogP contribution is 2.67. The highest BCUT2D eigenvalue weighted by atomic mass is 16.2. The molecule has 0 aromatic rings. The highest BCUT2D eigenvalue weighted by Gasteiger charge is 2.65. The Hall–Kier alpha value is -1.06. The fourth-order valence-electron chi connectivity index (χ4n) is 3.27. The molecule has 1 spiro atoms. The molecule has 0 aromatic heterocycles. The number of carbonyl (C=O) groups excluding carboxylic acids is 2. The van der Waals surface area contributed by atoms with Crippen LogP contribution in [0.25, 0.3) is 0 Å². The Morgan fingerprint density at radius 1 is 1.40 bits per heavy atom. The summed E-state index contributed by atoms with van der Waals surface area (Å²) in [4.78, 5) is 22.3. The number of amides is 2. The fraction of sp³-hybridized carbons (Fsp3) is 0.818. The first kappa shape index (κ1) is 10.5. The molecule has 4 nitrogen and oxygen atoms in total. The van der Waals surface area contributed by atoms with Crippen molar-refractivity contribution < 1.29 is 9.59 Å². The highest BCUT2D eigenvalue weighted by molar-refractivity contribution is 5.87. The van der Waals surface area contributed by atoms with E-state index in [0.29, 0.717) is 5.92 Å². The van der Waals surface area contributed by atoms with Crippen LogP contribution in [0.4, 0.5) is 0 Å². The van der Waals surface area contributed by atoms with Crippen molar-refractivity contribution in [2.75, 3.05) is 6.54 Å². The smallest absolute Gasteiger partial charge is 0.236 e. The van der Waals surface area contributed by atoms with Gasteiger partial charge in [0, 0.05) is 5.92 Å². The zero-order valence-electron chi connectivity index (χ0n) is 9.08. The molecule has 2 rings (SSSR count). The van der Waals surface area contributed by atoms with Crippen LogP contribution >= 0.6 is 0 Å². The molecule has 4 heteroatoms. The van der Waals surface area contributed by atoms with Gasteiger partial charge in [-0.2, -0.15) is 0 Å². The number of nitrogens with two attached hydrogens (primary N) is 1. The topological polar surface area (TPSA) is 72.2 Å². The first-order valence-electron chi connectivity index (χ1n) is 5.64. The van der Waals surface area contributed by atoms with Crippen molar-refractivity contribution in [3.05, 3.63) is 0 Å². The van der Waals surface area contributed by atoms with Crippen LogP contribution in [-0.2, 0) is 9.59 Å². The van der Waals surface area contributed by atoms with E-state index in [0.717, 1.165) is 0 Å². The van der Waals surface area contributed by atoms with Gasteiger partial charge in [-0.15, -0.1) is 0 Å². The zero-order valence-corrected chi connectivity index (χ0v) is 9.08. The summed E-state index contributed by atoms with van der Waals surface area (Å²) in [5, 5.41) is 2.61. The van der Waals surface area contributed by atoms with E-state index < -0.39 is 5.91 Å². The Morgan fingerprint density at radius 2 is 2.00 bits per heavy atom. The molecule has 2 saturated carbocycles. The molecule has 0 heterocycles. The van der Waals surface area contributed by atoms with Crippen LogP contribution in [0.15, 0.2) is 0 Å². The average Bonchev–Trinajstić information content (AvgIpc) is 2.61. The van der Waals surface area contributed by atoms with E-state index in [1.165, 1.54) is 25.7 Å². The van der Waals surface area contributed by atoms with Gasteiger partial charge in [0.1, 0.15) is 0 Å². The Balaban J connectivity index is 1.90. The SMILES string of the molecule is CC1C(C(=O)NCC(N)=O)C12CCCC2. The van der Waals surface area contributed by atoms with Crippen molar-refractivity contribution in [2.45, 2.75) is 32.6 Å². The summed E-state index contributed by atoms with van der Waals surface area (Å²) < 4.78 is 0. The minimum atomic E-state index is -0.475. The molecule has 2 aliphatic rings. The zero-order chi connectivity index (χ0) is 11.1. The van der Waals surface area contributed by atoms with Gasteiger partial charge in [0.25, 0.3) is 0 Å². The van der Waals surface area contributed by atoms with Gasteiger partial charge in [0.15, 0.2) is 0 Å². The van der Waals surface area contributed by atoms with Crippen molar-refractivity contribution in [1.82, 2.24) is 5.32 Å². The van der Waals surface area contributed by atoms with Crippen LogP contribution in [0.1, 0.15) is 32.6 Å². The maximum Gasteiger partial charge on any atom is 0.236 e. The first-order chi connectivity index (χ1) is 7.08. The Kier molecular flexibility index (Phi) is 2.44. The van der Waals surface area contributed by atoms with Gasteiger partial charge in [-0.3, -0.25) is 9.59 Å². The molecule has 0 aromatic carbocycles. The van der Waals surface area contributed by atoms with Crippen molar-refractivity contribution in [3.63, 3.8) is 0 Å². The molecule has 2 aliphatic carbocycles. The van der Waals surface area contributed by atoms with Crippen molar-refractivity contribution >= 4 is 11.8 Å². The van der Waals surface area contributed by atoms with Crippen molar-refractivity contribution in [1.29, 1.82) is 0 Å². The average molecular weight is 210 g/mol. The lowest BCUT2D eigenvalue weighted by atomic mass is 10.0. The summed E-state index contributed by atoms with van der Waals surface area (Å²) in [5.74, 6) is 0.146. The number of nitrogens with one attached hydrogen (secondary N) is 1. The third-order valence-corrected chi connectivity index (χ3v) is 4.17. The summed E-state index contributed by atoms with van der Waals surface area (Å²) in [5.41, 5.74) is 5.25. The standard InChI is InChI=1S/C11H18N2O2/c1-7-9(10(15)13-6-8(12)14)11(7)4-2-3-5-11/h7,9H,2-6H2,1H3,(H2,12,14)(H,13,15). The molecule has 0 aliphatic heterocycles. The van der Waals surface area contributed by atoms with Crippen LogP contribution in [0.5, 0.6) is 0 Å². The third-order valence-electron chi connectivity index (χ3n) is 4.17. The molecule has 0 bridgehead atoms. The molecule has 2 atom stereocenters. The van der Waals surface area contributed by atoms with Crippen molar-refractivity contribution in [2.24, 2.45) is 23.0 Å². The second-order valence-corrected chi connectivity index (χ2v) is 4.89. The molecule has 84 valence electrons. The number of primary amides is 1. The largest absolute Gasteiger partial charge is 0.368 e. The second-order valence-electron chi connectivity index (χ2n) is 4.89. The molecule has 2 unspecified atom stereocenters. The van der Waals surface area contributed by atoms with E-state index >= 15 is 0 Å². The van der Waals surface area contributed by atoms with Crippen LogP contribution in [0.3, 0.4) is 0 Å². The molecule has 15 heavy (non-hydrogen) atoms. The Bertz CT molecular complexity index is 295. The maximum absolute atomic E-state index is 11.8. The second kappa shape index (κ2) is 3.51. The monoisotopic (exact) mass is 210 g/mol. The minimum absolute atomic E-state index is 0.0169. The molecule has 2 fully saturated rings. The van der Waals surface area contributed by atoms with Crippen LogP contribution in [-0.4, -0.2) is 18.4 Å². The predicted octanol–water partition coefficient (Wildman–Crippen LogP) is 0.414. The number of hydrogen-bond acceptors (Lipinski definition) is 2. The summed E-state index contributed by atoms with van der Waals surface area (Å²) in [6.07, 6.45) is 4.82.